The molecule has 1 aliphatic carbocycles. The molecule has 0 amide bonds. The first-order valence-corrected chi connectivity index (χ1v) is 6.94. The summed E-state index contributed by atoms with van der Waals surface area (Å²) in [7, 11) is 3.81. The summed E-state index contributed by atoms with van der Waals surface area (Å²) < 4.78 is 7.37. The van der Waals surface area contributed by atoms with Gasteiger partial charge in [0.2, 0.25) is 0 Å². The Hall–Kier alpha value is -1.39. The number of fused-ring (bicyclic) bond motifs is 1. The lowest BCUT2D eigenvalue weighted by atomic mass is 10.2. The monoisotopic (exact) mass is 259 g/mol. The van der Waals surface area contributed by atoms with E-state index in [1.807, 2.05) is 11.7 Å². The zero-order valence-corrected chi connectivity index (χ0v) is 11.6. The highest BCUT2D eigenvalue weighted by Crippen LogP contribution is 2.22. The van der Waals surface area contributed by atoms with Crippen molar-refractivity contribution in [2.24, 2.45) is 7.05 Å². The molecule has 19 heavy (non-hydrogen) atoms. The molecular formula is C15H21N3O. The third-order valence-electron chi connectivity index (χ3n) is 4.11. The lowest BCUT2D eigenvalue weighted by Gasteiger charge is -2.11. The van der Waals surface area contributed by atoms with Crippen LogP contribution in [0, 0.1) is 0 Å². The lowest BCUT2D eigenvalue weighted by Crippen LogP contribution is -2.27. The topological polar surface area (TPSA) is 39.1 Å². The minimum absolute atomic E-state index is 0.429. The molecule has 2 unspecified atom stereocenters. The van der Waals surface area contributed by atoms with Gasteiger partial charge < -0.3 is 10.1 Å². The molecule has 1 aromatic heterocycles. The molecule has 1 fully saturated rings. The number of para-hydroxylation sites is 1. The fourth-order valence-corrected chi connectivity index (χ4v) is 3.00. The van der Waals surface area contributed by atoms with E-state index in [-0.39, 0.29) is 0 Å². The smallest absolute Gasteiger partial charge is 0.0841 e. The van der Waals surface area contributed by atoms with E-state index in [0.717, 1.165) is 25.1 Å². The van der Waals surface area contributed by atoms with Gasteiger partial charge in [0.05, 0.1) is 17.3 Å². The number of aryl methyl sites for hydroxylation is 1. The molecule has 1 heterocycles. The van der Waals surface area contributed by atoms with Gasteiger partial charge in [-0.2, -0.15) is 5.10 Å². The zero-order chi connectivity index (χ0) is 13.2. The van der Waals surface area contributed by atoms with Crippen molar-refractivity contribution in [1.29, 1.82) is 0 Å². The summed E-state index contributed by atoms with van der Waals surface area (Å²) in [6.07, 6.45) is 3.90. The highest BCUT2D eigenvalue weighted by atomic mass is 16.5. The van der Waals surface area contributed by atoms with Crippen LogP contribution in [0.2, 0.25) is 0 Å². The Kier molecular flexibility index (Phi) is 3.53. The summed E-state index contributed by atoms with van der Waals surface area (Å²) in [5.41, 5.74) is 2.33. The summed E-state index contributed by atoms with van der Waals surface area (Å²) in [5, 5.41) is 9.47. The highest BCUT2D eigenvalue weighted by Gasteiger charge is 2.24. The van der Waals surface area contributed by atoms with Crippen molar-refractivity contribution < 1.29 is 4.74 Å². The van der Waals surface area contributed by atoms with E-state index >= 15 is 0 Å². The Balaban J connectivity index is 1.69. The molecule has 1 N–H and O–H groups in total. The summed E-state index contributed by atoms with van der Waals surface area (Å²) in [6, 6.07) is 8.95. The summed E-state index contributed by atoms with van der Waals surface area (Å²) >= 11 is 0. The van der Waals surface area contributed by atoms with Gasteiger partial charge in [-0.1, -0.05) is 18.2 Å². The maximum atomic E-state index is 5.41. The van der Waals surface area contributed by atoms with Crippen LogP contribution in [0.3, 0.4) is 0 Å². The van der Waals surface area contributed by atoms with Crippen LogP contribution in [0.1, 0.15) is 25.0 Å². The van der Waals surface area contributed by atoms with E-state index in [1.165, 1.54) is 17.3 Å². The molecule has 0 radical (unpaired) electrons. The van der Waals surface area contributed by atoms with Gasteiger partial charge in [-0.05, 0) is 25.3 Å². The molecule has 0 aliphatic heterocycles. The highest BCUT2D eigenvalue weighted by molar-refractivity contribution is 5.81. The Morgan fingerprint density at radius 3 is 3.00 bits per heavy atom. The van der Waals surface area contributed by atoms with Crippen molar-refractivity contribution in [2.75, 3.05) is 7.11 Å². The Morgan fingerprint density at radius 2 is 2.21 bits per heavy atom. The van der Waals surface area contributed by atoms with Crippen LogP contribution in [0.4, 0.5) is 0 Å². The van der Waals surface area contributed by atoms with Crippen LogP contribution < -0.4 is 5.32 Å². The number of hydrogen-bond acceptors (Lipinski definition) is 3. The van der Waals surface area contributed by atoms with Crippen molar-refractivity contribution in [1.82, 2.24) is 15.1 Å². The van der Waals surface area contributed by atoms with E-state index < -0.39 is 0 Å². The molecule has 1 aromatic carbocycles. The second-order valence-electron chi connectivity index (χ2n) is 5.34. The van der Waals surface area contributed by atoms with Crippen molar-refractivity contribution in [3.63, 3.8) is 0 Å². The predicted octanol–water partition coefficient (Wildman–Crippen LogP) is 2.23. The maximum Gasteiger partial charge on any atom is 0.0841 e. The number of rotatable bonds is 4. The van der Waals surface area contributed by atoms with Crippen LogP contribution in [0.15, 0.2) is 24.3 Å². The van der Waals surface area contributed by atoms with Crippen LogP contribution in [0.5, 0.6) is 0 Å². The normalized spacial score (nSPS) is 23.3. The summed E-state index contributed by atoms with van der Waals surface area (Å²) in [4.78, 5) is 0. The largest absolute Gasteiger partial charge is 0.381 e. The number of nitrogens with one attached hydrogen (secondary N) is 1. The first kappa shape index (κ1) is 12.6. The van der Waals surface area contributed by atoms with Gasteiger partial charge >= 0.3 is 0 Å². The predicted molar refractivity (Wildman–Crippen MR) is 76.0 cm³/mol. The third kappa shape index (κ3) is 2.51. The number of aromatic nitrogens is 2. The first-order chi connectivity index (χ1) is 9.28. The molecule has 0 saturated heterocycles. The molecule has 3 rings (SSSR count). The Labute approximate surface area is 113 Å². The van der Waals surface area contributed by atoms with Crippen molar-refractivity contribution in [3.8, 4) is 0 Å². The number of hydrogen-bond donors (Lipinski definition) is 1. The van der Waals surface area contributed by atoms with Gasteiger partial charge in [0.15, 0.2) is 0 Å². The number of ether oxygens (including phenoxy) is 1. The number of nitrogens with zero attached hydrogens (tertiary/aromatic N) is 2. The van der Waals surface area contributed by atoms with Gasteiger partial charge in [-0.25, -0.2) is 0 Å². The third-order valence-corrected chi connectivity index (χ3v) is 4.11. The average Bonchev–Trinajstić information content (AvgIpc) is 3.02. The van der Waals surface area contributed by atoms with Crippen LogP contribution in [-0.4, -0.2) is 29.0 Å². The van der Waals surface area contributed by atoms with Crippen molar-refractivity contribution in [3.05, 3.63) is 30.0 Å². The second-order valence-corrected chi connectivity index (χ2v) is 5.34. The Bertz CT molecular complexity index is 564. The van der Waals surface area contributed by atoms with Gasteiger partial charge in [0, 0.05) is 32.1 Å². The first-order valence-electron chi connectivity index (χ1n) is 6.94. The van der Waals surface area contributed by atoms with Crippen LogP contribution in [-0.2, 0) is 18.3 Å². The zero-order valence-electron chi connectivity index (χ0n) is 11.6. The summed E-state index contributed by atoms with van der Waals surface area (Å²) in [5.74, 6) is 0. The SMILES string of the molecule is COC1CCC(NCc2nn(C)c3ccccc23)C1. The van der Waals surface area contributed by atoms with Crippen LogP contribution in [0.25, 0.3) is 10.9 Å². The molecule has 1 saturated carbocycles. The van der Waals surface area contributed by atoms with Gasteiger partial charge in [0.25, 0.3) is 0 Å². The van der Waals surface area contributed by atoms with E-state index in [9.17, 15) is 0 Å². The quantitative estimate of drug-likeness (QED) is 0.915. The molecule has 0 spiro atoms. The van der Waals surface area contributed by atoms with Gasteiger partial charge in [-0.15, -0.1) is 0 Å². The van der Waals surface area contributed by atoms with Crippen LogP contribution >= 0.6 is 0 Å². The molecule has 0 bridgehead atoms. The maximum absolute atomic E-state index is 5.41. The van der Waals surface area contributed by atoms with E-state index in [4.69, 9.17) is 4.74 Å². The fourth-order valence-electron chi connectivity index (χ4n) is 3.00. The molecule has 1 aliphatic rings. The molecular weight excluding hydrogens is 238 g/mol. The minimum Gasteiger partial charge on any atom is -0.381 e. The standard InChI is InChI=1S/C15H21N3O/c1-18-15-6-4-3-5-13(15)14(17-18)10-16-11-7-8-12(9-11)19-2/h3-6,11-12,16H,7-10H2,1-2H3. The van der Waals surface area contributed by atoms with Crippen molar-refractivity contribution in [2.45, 2.75) is 38.0 Å². The van der Waals surface area contributed by atoms with Crippen molar-refractivity contribution >= 4 is 10.9 Å². The average molecular weight is 259 g/mol. The number of benzene rings is 1. The van der Waals surface area contributed by atoms with E-state index in [0.29, 0.717) is 12.1 Å². The van der Waals surface area contributed by atoms with E-state index in [2.05, 4.69) is 34.7 Å². The number of methoxy groups -OCH3 is 1. The summed E-state index contributed by atoms with van der Waals surface area (Å²) in [6.45, 7) is 0.836. The van der Waals surface area contributed by atoms with Gasteiger partial charge in [-0.3, -0.25) is 4.68 Å². The fraction of sp³-hybridized carbons (Fsp3) is 0.533. The molecule has 2 aromatic rings. The second kappa shape index (κ2) is 5.31. The van der Waals surface area contributed by atoms with E-state index in [1.54, 1.807) is 7.11 Å². The molecule has 4 heteroatoms. The Morgan fingerprint density at radius 1 is 1.37 bits per heavy atom. The van der Waals surface area contributed by atoms with Gasteiger partial charge in [0.1, 0.15) is 0 Å². The molecule has 102 valence electrons. The minimum atomic E-state index is 0.429. The molecule has 4 nitrogen and oxygen atoms in total. The molecule has 2 atom stereocenters. The lowest BCUT2D eigenvalue weighted by molar-refractivity contribution is 0.107.